The van der Waals surface area contributed by atoms with Crippen LogP contribution in [0.5, 0.6) is 0 Å². The normalized spacial score (nSPS) is 16.6. The average molecular weight is 411 g/mol. The molecule has 1 amide bonds. The molecule has 3 nitrogen and oxygen atoms in total. The molecule has 27 heavy (non-hydrogen) atoms. The molecule has 1 unspecified atom stereocenters. The Bertz CT molecular complexity index is 616. The Morgan fingerprint density at radius 2 is 1.78 bits per heavy atom. The van der Waals surface area contributed by atoms with Crippen LogP contribution in [0.2, 0.25) is 0 Å². The third-order valence-corrected chi connectivity index (χ3v) is 6.05. The maximum Gasteiger partial charge on any atom is 0.246 e. The molecular weight excluding hydrogens is 379 g/mol. The second-order valence-corrected chi connectivity index (χ2v) is 7.51. The second kappa shape index (κ2) is 12.3. The summed E-state index contributed by atoms with van der Waals surface area (Å²) in [6.07, 6.45) is 5.52. The number of hydrogen-bond acceptors (Lipinski definition) is 2. The minimum absolute atomic E-state index is 0. The van der Waals surface area contributed by atoms with Crippen molar-refractivity contribution in [3.05, 3.63) is 35.9 Å². The molecule has 0 aromatic heterocycles. The zero-order valence-corrected chi connectivity index (χ0v) is 18.0. The van der Waals surface area contributed by atoms with Gasteiger partial charge in [0, 0.05) is 0 Å². The lowest BCUT2D eigenvalue weighted by molar-refractivity contribution is -0.125. The topological polar surface area (TPSA) is 32.3 Å². The molecule has 0 heterocycles. The van der Waals surface area contributed by atoms with Gasteiger partial charge in [0.2, 0.25) is 5.91 Å². The molecule has 0 spiro atoms. The smallest absolute Gasteiger partial charge is 0.246 e. The Hall–Kier alpha value is -1.21. The predicted molar refractivity (Wildman–Crippen MR) is 116 cm³/mol. The van der Waals surface area contributed by atoms with E-state index in [9.17, 15) is 4.79 Å². The second-order valence-electron chi connectivity index (χ2n) is 6.91. The van der Waals surface area contributed by atoms with Crippen LogP contribution >= 0.6 is 24.0 Å². The fraction of sp³-hybridized carbons (Fsp3) is 0.591. The van der Waals surface area contributed by atoms with Gasteiger partial charge in [-0.05, 0) is 37.4 Å². The van der Waals surface area contributed by atoms with Crippen molar-refractivity contribution in [2.24, 2.45) is 5.92 Å². The van der Waals surface area contributed by atoms with E-state index in [1.54, 1.807) is 0 Å². The van der Waals surface area contributed by atoms with E-state index < -0.39 is 4.87 Å². The number of carbonyl (C=O) groups is 1. The Morgan fingerprint density at radius 1 is 1.15 bits per heavy atom. The number of benzene rings is 1. The summed E-state index contributed by atoms with van der Waals surface area (Å²) >= 11 is 7.03. The monoisotopic (exact) mass is 410 g/mol. The zero-order valence-electron chi connectivity index (χ0n) is 16.5. The molecule has 5 heteroatoms. The summed E-state index contributed by atoms with van der Waals surface area (Å²) in [4.78, 5) is 14.3. The minimum Gasteiger partial charge on any atom is -0.343 e. The van der Waals surface area contributed by atoms with Gasteiger partial charge in [0.05, 0.1) is 13.1 Å². The summed E-state index contributed by atoms with van der Waals surface area (Å²) in [5.74, 6) is 6.25. The van der Waals surface area contributed by atoms with Crippen molar-refractivity contribution in [2.75, 3.05) is 26.2 Å². The van der Waals surface area contributed by atoms with E-state index in [4.69, 9.17) is 11.6 Å². The highest BCUT2D eigenvalue weighted by molar-refractivity contribution is 6.35. The van der Waals surface area contributed by atoms with Crippen LogP contribution in [-0.2, 0) is 9.67 Å². The van der Waals surface area contributed by atoms with Gasteiger partial charge in [-0.2, -0.15) is 0 Å². The molecule has 0 bridgehead atoms. The number of nitrogens with one attached hydrogen (secondary N) is 1. The van der Waals surface area contributed by atoms with E-state index in [0.29, 0.717) is 6.54 Å². The fourth-order valence-corrected chi connectivity index (χ4v) is 4.07. The van der Waals surface area contributed by atoms with Crippen LogP contribution < -0.4 is 5.32 Å². The first-order chi connectivity index (χ1) is 12.6. The highest BCUT2D eigenvalue weighted by Crippen LogP contribution is 2.44. The van der Waals surface area contributed by atoms with Gasteiger partial charge in [0.15, 0.2) is 4.87 Å². The van der Waals surface area contributed by atoms with Crippen LogP contribution in [-0.4, -0.2) is 37.0 Å². The fourth-order valence-electron chi connectivity index (χ4n) is 3.66. The van der Waals surface area contributed by atoms with Crippen molar-refractivity contribution in [1.82, 2.24) is 10.2 Å². The first-order valence-corrected chi connectivity index (χ1v) is 10.2. The van der Waals surface area contributed by atoms with Crippen LogP contribution in [0.1, 0.15) is 51.5 Å². The lowest BCUT2D eigenvalue weighted by Gasteiger charge is -2.36. The van der Waals surface area contributed by atoms with E-state index in [1.807, 2.05) is 30.3 Å². The van der Waals surface area contributed by atoms with Crippen LogP contribution in [0, 0.1) is 17.8 Å². The Labute approximate surface area is 175 Å². The highest BCUT2D eigenvalue weighted by Gasteiger charge is 2.45. The molecule has 2 rings (SSSR count). The third-order valence-electron chi connectivity index (χ3n) is 5.35. The van der Waals surface area contributed by atoms with Crippen LogP contribution in [0.15, 0.2) is 30.3 Å². The molecule has 1 atom stereocenters. The largest absolute Gasteiger partial charge is 0.343 e. The number of halogens is 2. The van der Waals surface area contributed by atoms with Gasteiger partial charge in [0.1, 0.15) is 0 Å². The maximum absolute atomic E-state index is 13.1. The van der Waals surface area contributed by atoms with Gasteiger partial charge >= 0.3 is 0 Å². The first kappa shape index (κ1) is 23.8. The van der Waals surface area contributed by atoms with E-state index in [2.05, 4.69) is 35.9 Å². The first-order valence-electron chi connectivity index (χ1n) is 9.83. The maximum atomic E-state index is 13.1. The molecule has 1 aliphatic rings. The Morgan fingerprint density at radius 3 is 2.37 bits per heavy atom. The van der Waals surface area contributed by atoms with E-state index in [1.165, 1.54) is 6.42 Å². The third kappa shape index (κ3) is 6.42. The summed E-state index contributed by atoms with van der Waals surface area (Å²) in [7, 11) is 0. The van der Waals surface area contributed by atoms with E-state index in [-0.39, 0.29) is 24.2 Å². The van der Waals surface area contributed by atoms with E-state index in [0.717, 1.165) is 50.9 Å². The van der Waals surface area contributed by atoms with Crippen LogP contribution in [0.4, 0.5) is 0 Å². The zero-order chi connectivity index (χ0) is 18.8. The molecule has 150 valence electrons. The number of nitrogens with zero attached hydrogens (tertiary/aromatic N) is 1. The van der Waals surface area contributed by atoms with Crippen molar-refractivity contribution in [2.45, 2.75) is 50.8 Å². The number of carbonyl (C=O) groups excluding carboxylic acids is 1. The summed E-state index contributed by atoms with van der Waals surface area (Å²) in [5.41, 5.74) is 0.891. The molecule has 1 aromatic rings. The summed E-state index contributed by atoms with van der Waals surface area (Å²) in [6.45, 7) is 7.29. The number of rotatable bonds is 7. The van der Waals surface area contributed by atoms with Crippen molar-refractivity contribution >= 4 is 29.9 Å². The minimum atomic E-state index is -0.998. The SMILES string of the molecule is CCN(CC)CC#CCNC(=O)C(Cl)(c1ccccc1)C1CCCCC1.Cl. The molecule has 1 saturated carbocycles. The molecular formula is C22H32Cl2N2O. The van der Waals surface area contributed by atoms with Crippen molar-refractivity contribution < 1.29 is 4.79 Å². The van der Waals surface area contributed by atoms with Crippen molar-refractivity contribution in [3.8, 4) is 11.8 Å². The molecule has 1 N–H and O–H groups in total. The average Bonchev–Trinajstić information content (AvgIpc) is 2.71. The predicted octanol–water partition coefficient (Wildman–Crippen LogP) is 4.58. The number of hydrogen-bond donors (Lipinski definition) is 1. The van der Waals surface area contributed by atoms with E-state index >= 15 is 0 Å². The Balaban J connectivity index is 0.00000364. The quantitative estimate of drug-likeness (QED) is 0.526. The lowest BCUT2D eigenvalue weighted by atomic mass is 9.75. The number of alkyl halides is 1. The molecule has 1 fully saturated rings. The van der Waals surface area contributed by atoms with Crippen LogP contribution in [0.3, 0.4) is 0 Å². The molecule has 1 aromatic carbocycles. The molecule has 0 radical (unpaired) electrons. The van der Waals surface area contributed by atoms with Gasteiger partial charge in [-0.1, -0.05) is 75.3 Å². The van der Waals surface area contributed by atoms with Crippen molar-refractivity contribution in [1.29, 1.82) is 0 Å². The summed E-state index contributed by atoms with van der Waals surface area (Å²) in [5, 5.41) is 2.97. The molecule has 0 saturated heterocycles. The Kier molecular flexibility index (Phi) is 10.8. The summed E-state index contributed by atoms with van der Waals surface area (Å²) in [6, 6.07) is 9.79. The molecule has 0 aliphatic heterocycles. The van der Waals surface area contributed by atoms with Crippen LogP contribution in [0.25, 0.3) is 0 Å². The molecule has 1 aliphatic carbocycles. The van der Waals surface area contributed by atoms with Gasteiger partial charge < -0.3 is 5.32 Å². The van der Waals surface area contributed by atoms with Gasteiger partial charge in [-0.3, -0.25) is 9.69 Å². The van der Waals surface area contributed by atoms with Gasteiger partial charge in [0.25, 0.3) is 0 Å². The highest BCUT2D eigenvalue weighted by atomic mass is 35.5. The standard InChI is InChI=1S/C22H31ClN2O.ClH/c1-3-25(4-2)18-12-11-17-24-21(26)22(23,19-13-7-5-8-14-19)20-15-9-6-10-16-20;/h5,7-8,13-14,20H,3-4,6,9-10,15-18H2,1-2H3,(H,24,26);1H. The van der Waals surface area contributed by atoms with Gasteiger partial charge in [-0.25, -0.2) is 0 Å². The summed E-state index contributed by atoms with van der Waals surface area (Å²) < 4.78 is 0. The lowest BCUT2D eigenvalue weighted by Crippen LogP contribution is -2.46. The number of amides is 1. The van der Waals surface area contributed by atoms with Crippen molar-refractivity contribution in [3.63, 3.8) is 0 Å². The van der Waals surface area contributed by atoms with Gasteiger partial charge in [-0.15, -0.1) is 24.0 Å².